The molecule has 1 aliphatic heterocycles. The van der Waals surface area contributed by atoms with Gasteiger partial charge < -0.3 is 20.3 Å². The van der Waals surface area contributed by atoms with E-state index in [1.807, 2.05) is 37.3 Å². The van der Waals surface area contributed by atoms with Crippen molar-refractivity contribution < 1.29 is 14.3 Å². The molecule has 2 N–H and O–H groups in total. The highest BCUT2D eigenvalue weighted by Gasteiger charge is 2.30. The molecule has 1 saturated heterocycles. The topological polar surface area (TPSA) is 75.9 Å². The van der Waals surface area contributed by atoms with Crippen LogP contribution in [0.1, 0.15) is 19.8 Å². The van der Waals surface area contributed by atoms with Crippen LogP contribution in [0.5, 0.6) is 5.75 Å². The molecule has 0 saturated carbocycles. The normalized spacial score (nSPS) is 16.5. The van der Waals surface area contributed by atoms with E-state index in [0.717, 1.165) is 0 Å². The SMILES string of the molecule is CC(CN)N(C)C(=O)C1CCN(C(=O)COc2ccccc2)CC1. The van der Waals surface area contributed by atoms with Crippen molar-refractivity contribution in [2.24, 2.45) is 11.7 Å². The maximum Gasteiger partial charge on any atom is 0.260 e. The number of carbonyl (C=O) groups is 2. The number of likely N-dealkylation sites (tertiary alicyclic amines) is 1. The fourth-order valence-electron chi connectivity index (χ4n) is 2.79. The van der Waals surface area contributed by atoms with E-state index in [2.05, 4.69) is 0 Å². The molecule has 1 aliphatic rings. The smallest absolute Gasteiger partial charge is 0.260 e. The van der Waals surface area contributed by atoms with Crippen LogP contribution in [0.15, 0.2) is 30.3 Å². The number of piperidine rings is 1. The summed E-state index contributed by atoms with van der Waals surface area (Å²) in [6.07, 6.45) is 1.38. The van der Waals surface area contributed by atoms with Crippen molar-refractivity contribution >= 4 is 11.8 Å². The predicted octanol–water partition coefficient (Wildman–Crippen LogP) is 1.11. The fourth-order valence-corrected chi connectivity index (χ4v) is 2.79. The van der Waals surface area contributed by atoms with Crippen LogP contribution in [-0.2, 0) is 9.59 Å². The Morgan fingerprint density at radius 2 is 1.92 bits per heavy atom. The lowest BCUT2D eigenvalue weighted by atomic mass is 9.95. The summed E-state index contributed by atoms with van der Waals surface area (Å²) in [6.45, 7) is 3.62. The molecular weight excluding hydrogens is 306 g/mol. The number of rotatable bonds is 6. The van der Waals surface area contributed by atoms with Gasteiger partial charge in [-0.15, -0.1) is 0 Å². The second kappa shape index (κ2) is 8.68. The summed E-state index contributed by atoms with van der Waals surface area (Å²) in [6, 6.07) is 9.33. The Labute approximate surface area is 143 Å². The zero-order valence-electron chi connectivity index (χ0n) is 14.5. The first kappa shape index (κ1) is 18.3. The second-order valence-electron chi connectivity index (χ2n) is 6.29. The van der Waals surface area contributed by atoms with Gasteiger partial charge in [0.05, 0.1) is 0 Å². The highest BCUT2D eigenvalue weighted by atomic mass is 16.5. The van der Waals surface area contributed by atoms with Crippen molar-refractivity contribution in [3.63, 3.8) is 0 Å². The monoisotopic (exact) mass is 333 g/mol. The quantitative estimate of drug-likeness (QED) is 0.846. The van der Waals surface area contributed by atoms with Crippen LogP contribution >= 0.6 is 0 Å². The molecule has 1 unspecified atom stereocenters. The molecule has 0 aliphatic carbocycles. The highest BCUT2D eigenvalue weighted by molar-refractivity contribution is 5.80. The van der Waals surface area contributed by atoms with E-state index in [4.69, 9.17) is 10.5 Å². The van der Waals surface area contributed by atoms with E-state index in [9.17, 15) is 9.59 Å². The van der Waals surface area contributed by atoms with Gasteiger partial charge in [-0.1, -0.05) is 18.2 Å². The highest BCUT2D eigenvalue weighted by Crippen LogP contribution is 2.20. The van der Waals surface area contributed by atoms with E-state index in [-0.39, 0.29) is 30.4 Å². The minimum atomic E-state index is -0.0339. The molecule has 0 radical (unpaired) electrons. The molecule has 2 amide bonds. The Hall–Kier alpha value is -2.08. The van der Waals surface area contributed by atoms with Crippen LogP contribution in [0.2, 0.25) is 0 Å². The fraction of sp³-hybridized carbons (Fsp3) is 0.556. The largest absolute Gasteiger partial charge is 0.484 e. The first-order chi connectivity index (χ1) is 11.5. The van der Waals surface area contributed by atoms with Crippen molar-refractivity contribution in [2.45, 2.75) is 25.8 Å². The number of amides is 2. The molecule has 24 heavy (non-hydrogen) atoms. The molecule has 0 spiro atoms. The molecule has 132 valence electrons. The summed E-state index contributed by atoms with van der Waals surface area (Å²) < 4.78 is 5.50. The van der Waals surface area contributed by atoms with Crippen LogP contribution in [0.25, 0.3) is 0 Å². The molecule has 1 heterocycles. The van der Waals surface area contributed by atoms with Gasteiger partial charge in [0.2, 0.25) is 5.91 Å². The summed E-state index contributed by atoms with van der Waals surface area (Å²) in [4.78, 5) is 28.2. The van der Waals surface area contributed by atoms with E-state index in [0.29, 0.717) is 38.2 Å². The van der Waals surface area contributed by atoms with Crippen molar-refractivity contribution in [3.05, 3.63) is 30.3 Å². The molecule has 0 aromatic heterocycles. The van der Waals surface area contributed by atoms with E-state index < -0.39 is 0 Å². The van der Waals surface area contributed by atoms with Gasteiger partial charge in [0.15, 0.2) is 6.61 Å². The molecule has 1 aromatic rings. The molecule has 1 fully saturated rings. The van der Waals surface area contributed by atoms with Crippen LogP contribution in [-0.4, -0.2) is 60.9 Å². The lowest BCUT2D eigenvalue weighted by Crippen LogP contribution is -2.47. The third-order valence-corrected chi connectivity index (χ3v) is 4.65. The number of benzene rings is 1. The Morgan fingerprint density at radius 3 is 2.50 bits per heavy atom. The maximum absolute atomic E-state index is 12.4. The standard InChI is InChI=1S/C18H27N3O3/c1-14(12-19)20(2)18(23)15-8-10-21(11-9-15)17(22)13-24-16-6-4-3-5-7-16/h3-7,14-15H,8-13,19H2,1-2H3. The predicted molar refractivity (Wildman–Crippen MR) is 92.5 cm³/mol. The second-order valence-corrected chi connectivity index (χ2v) is 6.29. The maximum atomic E-state index is 12.4. The lowest BCUT2D eigenvalue weighted by Gasteiger charge is -2.34. The number of para-hydroxylation sites is 1. The van der Waals surface area contributed by atoms with Gasteiger partial charge in [0.25, 0.3) is 5.91 Å². The molecule has 6 heteroatoms. The average molecular weight is 333 g/mol. The van der Waals surface area contributed by atoms with E-state index in [1.54, 1.807) is 16.8 Å². The first-order valence-electron chi connectivity index (χ1n) is 8.45. The number of hydrogen-bond donors (Lipinski definition) is 1. The lowest BCUT2D eigenvalue weighted by molar-refractivity contribution is -0.141. The van der Waals surface area contributed by atoms with Crippen molar-refractivity contribution in [1.82, 2.24) is 9.80 Å². The molecule has 6 nitrogen and oxygen atoms in total. The summed E-state index contributed by atoms with van der Waals surface area (Å²) in [5, 5.41) is 0. The number of hydrogen-bond acceptors (Lipinski definition) is 4. The van der Waals surface area contributed by atoms with Crippen molar-refractivity contribution in [3.8, 4) is 5.75 Å². The van der Waals surface area contributed by atoms with E-state index >= 15 is 0 Å². The number of nitrogens with two attached hydrogens (primary N) is 1. The van der Waals surface area contributed by atoms with Gasteiger partial charge in [-0.25, -0.2) is 0 Å². The first-order valence-corrected chi connectivity index (χ1v) is 8.45. The Balaban J connectivity index is 1.77. The molecular formula is C18H27N3O3. The Bertz CT molecular complexity index is 542. The van der Waals surface area contributed by atoms with E-state index in [1.165, 1.54) is 0 Å². The molecule has 1 aromatic carbocycles. The summed E-state index contributed by atoms with van der Waals surface area (Å²) in [5.41, 5.74) is 5.62. The van der Waals surface area contributed by atoms with Gasteiger partial charge in [0, 0.05) is 38.6 Å². The van der Waals surface area contributed by atoms with Crippen LogP contribution in [0.4, 0.5) is 0 Å². The average Bonchev–Trinajstić information content (AvgIpc) is 2.65. The molecule has 2 rings (SSSR count). The van der Waals surface area contributed by atoms with Gasteiger partial charge in [-0.2, -0.15) is 0 Å². The number of carbonyl (C=O) groups excluding carboxylic acids is 2. The Morgan fingerprint density at radius 1 is 1.29 bits per heavy atom. The minimum Gasteiger partial charge on any atom is -0.484 e. The van der Waals surface area contributed by atoms with Gasteiger partial charge in [-0.05, 0) is 31.9 Å². The molecule has 1 atom stereocenters. The van der Waals surface area contributed by atoms with Crippen molar-refractivity contribution in [1.29, 1.82) is 0 Å². The van der Waals surface area contributed by atoms with Gasteiger partial charge in [0.1, 0.15) is 5.75 Å². The Kier molecular flexibility index (Phi) is 6.61. The zero-order valence-corrected chi connectivity index (χ0v) is 14.5. The summed E-state index contributed by atoms with van der Waals surface area (Å²) in [5.74, 6) is 0.755. The summed E-state index contributed by atoms with van der Waals surface area (Å²) >= 11 is 0. The molecule has 0 bridgehead atoms. The summed E-state index contributed by atoms with van der Waals surface area (Å²) in [7, 11) is 1.80. The third-order valence-electron chi connectivity index (χ3n) is 4.65. The zero-order chi connectivity index (χ0) is 17.5. The number of nitrogens with zero attached hydrogens (tertiary/aromatic N) is 2. The third kappa shape index (κ3) is 4.71. The number of ether oxygens (including phenoxy) is 1. The minimum absolute atomic E-state index is 0.0249. The van der Waals surface area contributed by atoms with Crippen LogP contribution in [0.3, 0.4) is 0 Å². The van der Waals surface area contributed by atoms with Crippen LogP contribution < -0.4 is 10.5 Å². The van der Waals surface area contributed by atoms with Gasteiger partial charge in [-0.3, -0.25) is 9.59 Å². The number of likely N-dealkylation sites (N-methyl/N-ethyl adjacent to an activating group) is 1. The van der Waals surface area contributed by atoms with Crippen molar-refractivity contribution in [2.75, 3.05) is 33.3 Å². The van der Waals surface area contributed by atoms with Crippen LogP contribution in [0, 0.1) is 5.92 Å². The van der Waals surface area contributed by atoms with Gasteiger partial charge >= 0.3 is 0 Å².